The fourth-order valence-corrected chi connectivity index (χ4v) is 2.99. The number of aryl methyl sites for hydroxylation is 2. The third-order valence-corrected chi connectivity index (χ3v) is 4.63. The molecule has 7 heteroatoms. The Labute approximate surface area is 170 Å². The maximum atomic E-state index is 12.2. The average molecular weight is 391 g/mol. The Bertz CT molecular complexity index is 1010. The molecule has 0 saturated carbocycles. The number of hydrogen-bond donors (Lipinski definition) is 2. The molecule has 0 atom stereocenters. The van der Waals surface area contributed by atoms with Crippen molar-refractivity contribution in [3.8, 4) is 17.0 Å². The van der Waals surface area contributed by atoms with Crippen molar-refractivity contribution < 1.29 is 9.53 Å². The zero-order valence-electron chi connectivity index (χ0n) is 16.8. The van der Waals surface area contributed by atoms with Crippen molar-refractivity contribution >= 4 is 11.7 Å². The van der Waals surface area contributed by atoms with Gasteiger partial charge in [-0.1, -0.05) is 42.5 Å². The van der Waals surface area contributed by atoms with E-state index in [1.54, 1.807) is 6.07 Å². The molecule has 29 heavy (non-hydrogen) atoms. The SMILES string of the molecule is Cc1cccc(N(N)C(=O)N(C)N)c1COc1ccc(-c2ccccc2)nc1C. The van der Waals surface area contributed by atoms with Gasteiger partial charge in [0.2, 0.25) is 0 Å². The van der Waals surface area contributed by atoms with E-state index in [1.165, 1.54) is 7.05 Å². The van der Waals surface area contributed by atoms with E-state index in [1.807, 2.05) is 68.4 Å². The molecule has 7 nitrogen and oxygen atoms in total. The second-order valence-electron chi connectivity index (χ2n) is 6.77. The molecule has 0 fully saturated rings. The van der Waals surface area contributed by atoms with Crippen molar-refractivity contribution in [2.24, 2.45) is 11.7 Å². The number of aromatic nitrogens is 1. The molecule has 3 rings (SSSR count). The molecule has 0 unspecified atom stereocenters. The monoisotopic (exact) mass is 391 g/mol. The maximum absolute atomic E-state index is 12.2. The van der Waals surface area contributed by atoms with E-state index in [9.17, 15) is 4.79 Å². The summed E-state index contributed by atoms with van der Waals surface area (Å²) >= 11 is 0. The van der Waals surface area contributed by atoms with Crippen LogP contribution < -0.4 is 21.4 Å². The minimum atomic E-state index is -0.526. The van der Waals surface area contributed by atoms with Crippen LogP contribution in [0.25, 0.3) is 11.3 Å². The number of urea groups is 1. The van der Waals surface area contributed by atoms with Gasteiger partial charge in [0.15, 0.2) is 0 Å². The molecule has 3 aromatic rings. The predicted octanol–water partition coefficient (Wildman–Crippen LogP) is 3.55. The molecule has 150 valence electrons. The Hall–Kier alpha value is -3.42. The highest BCUT2D eigenvalue weighted by Gasteiger charge is 2.19. The largest absolute Gasteiger partial charge is 0.487 e. The number of benzene rings is 2. The number of anilines is 1. The van der Waals surface area contributed by atoms with E-state index in [-0.39, 0.29) is 6.61 Å². The molecule has 0 aliphatic carbocycles. The zero-order chi connectivity index (χ0) is 21.0. The molecule has 4 N–H and O–H groups in total. The molecule has 1 heterocycles. The summed E-state index contributed by atoms with van der Waals surface area (Å²) in [5, 5.41) is 1.96. The molecule has 0 radical (unpaired) electrons. The lowest BCUT2D eigenvalue weighted by Gasteiger charge is -2.24. The summed E-state index contributed by atoms with van der Waals surface area (Å²) in [6, 6.07) is 18.8. The lowest BCUT2D eigenvalue weighted by molar-refractivity contribution is 0.216. The van der Waals surface area contributed by atoms with E-state index in [0.29, 0.717) is 11.4 Å². The van der Waals surface area contributed by atoms with Crippen LogP contribution in [0.2, 0.25) is 0 Å². The number of carbonyl (C=O) groups excluding carboxylic acids is 1. The minimum Gasteiger partial charge on any atom is -0.487 e. The topological polar surface area (TPSA) is 97.7 Å². The predicted molar refractivity (Wildman–Crippen MR) is 114 cm³/mol. The lowest BCUT2D eigenvalue weighted by Crippen LogP contribution is -2.49. The van der Waals surface area contributed by atoms with Crippen LogP contribution in [0.15, 0.2) is 60.7 Å². The molecular formula is C22H25N5O2. The highest BCUT2D eigenvalue weighted by Crippen LogP contribution is 2.27. The highest BCUT2D eigenvalue weighted by atomic mass is 16.5. The molecule has 0 bridgehead atoms. The molecule has 2 amide bonds. The fourth-order valence-electron chi connectivity index (χ4n) is 2.99. The molecular weight excluding hydrogens is 366 g/mol. The van der Waals surface area contributed by atoms with Crippen molar-refractivity contribution in [1.29, 1.82) is 0 Å². The van der Waals surface area contributed by atoms with Gasteiger partial charge in [-0.25, -0.2) is 26.5 Å². The fraction of sp³-hybridized carbons (Fsp3) is 0.182. The van der Waals surface area contributed by atoms with Crippen LogP contribution in [0.4, 0.5) is 10.5 Å². The number of amides is 2. The number of nitrogens with zero attached hydrogens (tertiary/aromatic N) is 3. The van der Waals surface area contributed by atoms with Crippen molar-refractivity contribution in [2.75, 3.05) is 12.1 Å². The smallest absolute Gasteiger partial charge is 0.352 e. The van der Waals surface area contributed by atoms with Crippen molar-refractivity contribution in [3.63, 3.8) is 0 Å². The molecule has 0 saturated heterocycles. The Kier molecular flexibility index (Phi) is 6.11. The minimum absolute atomic E-state index is 0.241. The van der Waals surface area contributed by atoms with Gasteiger partial charge in [-0.3, -0.25) is 5.01 Å². The van der Waals surface area contributed by atoms with E-state index in [4.69, 9.17) is 16.4 Å². The third-order valence-electron chi connectivity index (χ3n) is 4.63. The lowest BCUT2D eigenvalue weighted by atomic mass is 10.1. The van der Waals surface area contributed by atoms with Crippen LogP contribution in [0.1, 0.15) is 16.8 Å². The number of hydrogen-bond acceptors (Lipinski definition) is 5. The second kappa shape index (κ2) is 8.72. The third kappa shape index (κ3) is 4.53. The van der Waals surface area contributed by atoms with Gasteiger partial charge in [0.25, 0.3) is 0 Å². The van der Waals surface area contributed by atoms with Gasteiger partial charge in [-0.15, -0.1) is 0 Å². The number of pyridine rings is 1. The first-order valence-electron chi connectivity index (χ1n) is 9.20. The summed E-state index contributed by atoms with van der Waals surface area (Å²) < 4.78 is 6.02. The van der Waals surface area contributed by atoms with Gasteiger partial charge >= 0.3 is 6.03 Å². The number of ether oxygens (including phenoxy) is 1. The van der Waals surface area contributed by atoms with Crippen LogP contribution in [0, 0.1) is 13.8 Å². The van der Waals surface area contributed by atoms with E-state index in [0.717, 1.165) is 38.1 Å². The summed E-state index contributed by atoms with van der Waals surface area (Å²) in [6.45, 7) is 4.09. The average Bonchev–Trinajstić information content (AvgIpc) is 2.73. The Morgan fingerprint density at radius 2 is 1.72 bits per heavy atom. The van der Waals surface area contributed by atoms with Crippen LogP contribution in [0.3, 0.4) is 0 Å². The van der Waals surface area contributed by atoms with Gasteiger partial charge < -0.3 is 4.74 Å². The van der Waals surface area contributed by atoms with Crippen molar-refractivity contribution in [2.45, 2.75) is 20.5 Å². The summed E-state index contributed by atoms with van der Waals surface area (Å²) in [5.74, 6) is 12.2. The quantitative estimate of drug-likeness (QED) is 0.394. The molecule has 1 aromatic heterocycles. The van der Waals surface area contributed by atoms with Crippen LogP contribution in [-0.4, -0.2) is 23.1 Å². The number of carbonyl (C=O) groups is 1. The van der Waals surface area contributed by atoms with Crippen molar-refractivity contribution in [3.05, 3.63) is 77.5 Å². The molecule has 0 aliphatic rings. The van der Waals surface area contributed by atoms with Crippen molar-refractivity contribution in [1.82, 2.24) is 9.99 Å². The summed E-state index contributed by atoms with van der Waals surface area (Å²) in [5.41, 5.74) is 5.01. The first kappa shape index (κ1) is 20.3. The summed E-state index contributed by atoms with van der Waals surface area (Å²) in [6.07, 6.45) is 0. The highest BCUT2D eigenvalue weighted by molar-refractivity contribution is 5.91. The normalized spacial score (nSPS) is 10.5. The zero-order valence-corrected chi connectivity index (χ0v) is 16.8. The van der Waals surface area contributed by atoms with Gasteiger partial charge in [0.1, 0.15) is 12.4 Å². The molecule has 0 spiro atoms. The van der Waals surface area contributed by atoms with E-state index < -0.39 is 6.03 Å². The van der Waals surface area contributed by atoms with Gasteiger partial charge in [0.05, 0.1) is 17.1 Å². The standard InChI is InChI=1S/C22H25N5O2/c1-15-8-7-11-20(27(24)22(28)26(3)23)18(15)14-29-21-13-12-19(25-16(21)2)17-9-5-4-6-10-17/h4-13H,14,23-24H2,1-3H3. The molecule has 0 aliphatic heterocycles. The Morgan fingerprint density at radius 1 is 1.00 bits per heavy atom. The first-order chi connectivity index (χ1) is 13.9. The maximum Gasteiger partial charge on any atom is 0.352 e. The molecule has 2 aromatic carbocycles. The van der Waals surface area contributed by atoms with Gasteiger partial charge in [0, 0.05) is 18.2 Å². The van der Waals surface area contributed by atoms with Crippen LogP contribution in [-0.2, 0) is 6.61 Å². The number of rotatable bonds is 5. The van der Waals surface area contributed by atoms with Gasteiger partial charge in [-0.05, 0) is 37.6 Å². The number of hydrazine groups is 2. The number of nitrogens with two attached hydrogens (primary N) is 2. The van der Waals surface area contributed by atoms with E-state index in [2.05, 4.69) is 4.98 Å². The Balaban J connectivity index is 1.82. The van der Waals surface area contributed by atoms with E-state index >= 15 is 0 Å². The Morgan fingerprint density at radius 3 is 2.38 bits per heavy atom. The van der Waals surface area contributed by atoms with Gasteiger partial charge in [-0.2, -0.15) is 0 Å². The summed E-state index contributed by atoms with van der Waals surface area (Å²) in [7, 11) is 1.44. The first-order valence-corrected chi connectivity index (χ1v) is 9.20. The van der Waals surface area contributed by atoms with Crippen LogP contribution in [0.5, 0.6) is 5.75 Å². The second-order valence-corrected chi connectivity index (χ2v) is 6.77. The van der Waals surface area contributed by atoms with Crippen LogP contribution >= 0.6 is 0 Å². The summed E-state index contributed by atoms with van der Waals surface area (Å²) in [4.78, 5) is 16.8.